The van der Waals surface area contributed by atoms with Crippen LogP contribution in [0.4, 0.5) is 32.0 Å². The van der Waals surface area contributed by atoms with Crippen molar-refractivity contribution in [3.05, 3.63) is 51.5 Å². The van der Waals surface area contributed by atoms with Crippen molar-refractivity contribution in [2.45, 2.75) is 50.9 Å². The summed E-state index contributed by atoms with van der Waals surface area (Å²) < 4.78 is 77.7. The quantitative estimate of drug-likeness (QED) is 0.240. The maximum atomic E-state index is 12.9. The first-order valence-electron chi connectivity index (χ1n) is 9.11. The Morgan fingerprint density at radius 2 is 1.62 bits per heavy atom. The van der Waals surface area contributed by atoms with E-state index in [9.17, 15) is 36.5 Å². The van der Waals surface area contributed by atoms with Gasteiger partial charge in [-0.3, -0.25) is 10.1 Å². The SMILES string of the molecule is O=[N+]([O-])/C=C(/NCCCC1CCCC1)Nc1cc(C(F)(F)F)cc(C(F)(F)F)c1. The average molecular weight is 425 g/mol. The molecule has 1 aromatic rings. The highest BCUT2D eigenvalue weighted by molar-refractivity contribution is 5.53. The van der Waals surface area contributed by atoms with Crippen LogP contribution < -0.4 is 10.6 Å². The number of alkyl halides is 6. The summed E-state index contributed by atoms with van der Waals surface area (Å²) in [6, 6.07) is 0.948. The molecule has 0 aliphatic heterocycles. The summed E-state index contributed by atoms with van der Waals surface area (Å²) in [5.74, 6) is 0.305. The molecule has 1 saturated carbocycles. The Kier molecular flexibility index (Phi) is 7.37. The van der Waals surface area contributed by atoms with E-state index in [0.717, 1.165) is 19.3 Å². The Morgan fingerprint density at radius 1 is 1.07 bits per heavy atom. The summed E-state index contributed by atoms with van der Waals surface area (Å²) in [6.45, 7) is 0.300. The third-order valence-electron chi connectivity index (χ3n) is 4.68. The number of hydrogen-bond acceptors (Lipinski definition) is 4. The van der Waals surface area contributed by atoms with Gasteiger partial charge in [-0.1, -0.05) is 25.7 Å². The second kappa shape index (κ2) is 9.36. The normalized spacial score (nSPS) is 16.1. The lowest BCUT2D eigenvalue weighted by molar-refractivity contribution is -0.403. The molecular weight excluding hydrogens is 404 g/mol. The molecular formula is C18H21F6N3O2. The van der Waals surface area contributed by atoms with E-state index in [0.29, 0.717) is 37.2 Å². The lowest BCUT2D eigenvalue weighted by Gasteiger charge is -2.17. The predicted molar refractivity (Wildman–Crippen MR) is 94.3 cm³/mol. The minimum atomic E-state index is -5.00. The molecule has 0 spiro atoms. The molecule has 0 bridgehead atoms. The molecule has 0 heterocycles. The van der Waals surface area contributed by atoms with Gasteiger partial charge in [0, 0.05) is 12.2 Å². The number of nitrogens with one attached hydrogen (secondary N) is 2. The van der Waals surface area contributed by atoms with Gasteiger partial charge in [0.1, 0.15) is 0 Å². The zero-order valence-electron chi connectivity index (χ0n) is 15.4. The fourth-order valence-corrected chi connectivity index (χ4v) is 3.32. The van der Waals surface area contributed by atoms with Crippen molar-refractivity contribution in [1.82, 2.24) is 5.32 Å². The van der Waals surface area contributed by atoms with Gasteiger partial charge in [-0.25, -0.2) is 0 Å². The summed E-state index contributed by atoms with van der Waals surface area (Å²) in [5.41, 5.74) is -3.56. The Bertz CT molecular complexity index is 708. The van der Waals surface area contributed by atoms with Crippen molar-refractivity contribution in [1.29, 1.82) is 0 Å². The first-order chi connectivity index (χ1) is 13.4. The van der Waals surface area contributed by atoms with Crippen LogP contribution in [0.15, 0.2) is 30.2 Å². The minimum absolute atomic E-state index is 0.00288. The van der Waals surface area contributed by atoms with Crippen molar-refractivity contribution in [3.63, 3.8) is 0 Å². The third kappa shape index (κ3) is 7.47. The summed E-state index contributed by atoms with van der Waals surface area (Å²) in [5, 5.41) is 15.7. The third-order valence-corrected chi connectivity index (χ3v) is 4.68. The fraction of sp³-hybridized carbons (Fsp3) is 0.556. The Morgan fingerprint density at radius 3 is 2.10 bits per heavy atom. The molecule has 29 heavy (non-hydrogen) atoms. The molecule has 1 aromatic carbocycles. The Balaban J connectivity index is 2.13. The predicted octanol–water partition coefficient (Wildman–Crippen LogP) is 5.77. The van der Waals surface area contributed by atoms with Crippen LogP contribution in [0, 0.1) is 16.0 Å². The Labute approximate surface area is 163 Å². The van der Waals surface area contributed by atoms with Gasteiger partial charge in [0.15, 0.2) is 5.82 Å². The maximum absolute atomic E-state index is 12.9. The molecule has 0 saturated heterocycles. The molecule has 0 amide bonds. The van der Waals surface area contributed by atoms with Gasteiger partial charge in [-0.2, -0.15) is 26.3 Å². The first-order valence-corrected chi connectivity index (χ1v) is 9.11. The first kappa shape index (κ1) is 22.8. The van der Waals surface area contributed by atoms with Gasteiger partial charge in [0.25, 0.3) is 6.20 Å². The van der Waals surface area contributed by atoms with Crippen LogP contribution in [0.1, 0.15) is 49.7 Å². The molecule has 0 aromatic heterocycles. The van der Waals surface area contributed by atoms with E-state index >= 15 is 0 Å². The molecule has 0 unspecified atom stereocenters. The van der Waals surface area contributed by atoms with E-state index in [2.05, 4.69) is 10.6 Å². The van der Waals surface area contributed by atoms with E-state index in [1.165, 1.54) is 12.8 Å². The summed E-state index contributed by atoms with van der Waals surface area (Å²) in [4.78, 5) is 9.94. The molecule has 0 atom stereocenters. The summed E-state index contributed by atoms with van der Waals surface area (Å²) >= 11 is 0. The van der Waals surface area contributed by atoms with Crippen molar-refractivity contribution in [2.24, 2.45) is 5.92 Å². The molecule has 2 rings (SSSR count). The minimum Gasteiger partial charge on any atom is -0.366 e. The lowest BCUT2D eigenvalue weighted by atomic mass is 10.0. The zero-order valence-corrected chi connectivity index (χ0v) is 15.4. The van der Waals surface area contributed by atoms with Crippen molar-refractivity contribution < 1.29 is 31.3 Å². The molecule has 1 fully saturated rings. The monoisotopic (exact) mass is 425 g/mol. The zero-order chi connectivity index (χ0) is 21.7. The van der Waals surface area contributed by atoms with Crippen molar-refractivity contribution in [3.8, 4) is 0 Å². The van der Waals surface area contributed by atoms with E-state index < -0.39 is 34.1 Å². The van der Waals surface area contributed by atoms with Crippen LogP contribution in [-0.4, -0.2) is 11.5 Å². The number of nitro groups is 1. The number of nitrogens with zero attached hydrogens (tertiary/aromatic N) is 1. The van der Waals surface area contributed by atoms with E-state index in [1.807, 2.05) is 0 Å². The average Bonchev–Trinajstić information content (AvgIpc) is 3.09. The molecule has 0 radical (unpaired) electrons. The van der Waals surface area contributed by atoms with Crippen LogP contribution in [0.2, 0.25) is 0 Å². The number of halogens is 6. The van der Waals surface area contributed by atoms with Crippen molar-refractivity contribution in [2.75, 3.05) is 11.9 Å². The maximum Gasteiger partial charge on any atom is 0.416 e. The molecule has 1 aliphatic rings. The van der Waals surface area contributed by atoms with Crippen LogP contribution in [-0.2, 0) is 12.4 Å². The van der Waals surface area contributed by atoms with Crippen LogP contribution in [0.25, 0.3) is 0 Å². The van der Waals surface area contributed by atoms with Gasteiger partial charge in [-0.05, 0) is 37.0 Å². The highest BCUT2D eigenvalue weighted by atomic mass is 19.4. The van der Waals surface area contributed by atoms with Gasteiger partial charge >= 0.3 is 12.4 Å². The van der Waals surface area contributed by atoms with Gasteiger partial charge in [0.2, 0.25) is 0 Å². The van der Waals surface area contributed by atoms with Gasteiger partial charge in [-0.15, -0.1) is 0 Å². The standard InChI is InChI=1S/C18H21F6N3O2/c19-17(20,21)13-8-14(18(22,23)24)10-15(9-13)26-16(11-27(28)29)25-7-3-6-12-4-1-2-5-12/h8-12,25-26H,1-7H2/b16-11-. The summed E-state index contributed by atoms with van der Waals surface area (Å²) in [7, 11) is 0. The number of rotatable bonds is 8. The molecule has 162 valence electrons. The van der Waals surface area contributed by atoms with Crippen LogP contribution in [0.3, 0.4) is 0 Å². The fourth-order valence-electron chi connectivity index (χ4n) is 3.32. The second-order valence-electron chi connectivity index (χ2n) is 6.97. The van der Waals surface area contributed by atoms with Crippen molar-refractivity contribution >= 4 is 5.69 Å². The highest BCUT2D eigenvalue weighted by Crippen LogP contribution is 2.37. The second-order valence-corrected chi connectivity index (χ2v) is 6.97. The number of anilines is 1. The highest BCUT2D eigenvalue weighted by Gasteiger charge is 2.37. The van der Waals surface area contributed by atoms with Gasteiger partial charge in [0.05, 0.1) is 16.1 Å². The summed E-state index contributed by atoms with van der Waals surface area (Å²) in [6.07, 6.45) is -3.35. The largest absolute Gasteiger partial charge is 0.416 e. The smallest absolute Gasteiger partial charge is 0.366 e. The number of benzene rings is 1. The molecule has 5 nitrogen and oxygen atoms in total. The van der Waals surface area contributed by atoms with Crippen LogP contribution in [0.5, 0.6) is 0 Å². The molecule has 2 N–H and O–H groups in total. The topological polar surface area (TPSA) is 67.2 Å². The van der Waals surface area contributed by atoms with E-state index in [4.69, 9.17) is 0 Å². The van der Waals surface area contributed by atoms with Crippen LogP contribution >= 0.6 is 0 Å². The van der Waals surface area contributed by atoms with E-state index in [1.54, 1.807) is 0 Å². The lowest BCUT2D eigenvalue weighted by Crippen LogP contribution is -2.23. The van der Waals surface area contributed by atoms with E-state index in [-0.39, 0.29) is 11.9 Å². The molecule has 11 heteroatoms. The molecule has 1 aliphatic carbocycles. The number of hydrogen-bond donors (Lipinski definition) is 2. The Hall–Kier alpha value is -2.46. The van der Waals surface area contributed by atoms with Gasteiger partial charge < -0.3 is 10.6 Å².